The zero-order chi connectivity index (χ0) is 16.6. The molecular weight excluding hydrogens is 334 g/mol. The highest BCUT2D eigenvalue weighted by atomic mass is 35.5. The van der Waals surface area contributed by atoms with Crippen molar-refractivity contribution in [1.29, 1.82) is 0 Å². The number of sulfone groups is 1. The third kappa shape index (κ3) is 3.12. The Bertz CT molecular complexity index is 877. The lowest BCUT2D eigenvalue weighted by Crippen LogP contribution is -2.32. The number of rotatable bonds is 1. The summed E-state index contributed by atoms with van der Waals surface area (Å²) < 4.78 is 24.7. The summed E-state index contributed by atoms with van der Waals surface area (Å²) >= 11 is 6.17. The van der Waals surface area contributed by atoms with E-state index in [1.165, 1.54) is 0 Å². The highest BCUT2D eigenvalue weighted by Crippen LogP contribution is 2.25. The van der Waals surface area contributed by atoms with E-state index in [2.05, 4.69) is 0 Å². The molecule has 6 heteroatoms. The van der Waals surface area contributed by atoms with Crippen molar-refractivity contribution in [2.75, 3.05) is 12.3 Å². The molecule has 0 spiro atoms. The molecule has 2 aromatic rings. The van der Waals surface area contributed by atoms with E-state index in [0.29, 0.717) is 21.0 Å². The third-order valence-corrected chi connectivity index (χ3v) is 6.04. The summed E-state index contributed by atoms with van der Waals surface area (Å²) in [7, 11) is -3.37. The van der Waals surface area contributed by atoms with Crippen LogP contribution in [-0.2, 0) is 16.4 Å². The number of hydrogen-bond donors (Lipinski definition) is 0. The van der Waals surface area contributed by atoms with Crippen LogP contribution >= 0.6 is 11.6 Å². The van der Waals surface area contributed by atoms with Gasteiger partial charge < -0.3 is 4.90 Å². The van der Waals surface area contributed by atoms with E-state index in [9.17, 15) is 13.2 Å². The number of benzene rings is 2. The van der Waals surface area contributed by atoms with Crippen molar-refractivity contribution in [1.82, 2.24) is 4.90 Å². The second kappa shape index (κ2) is 5.98. The van der Waals surface area contributed by atoms with Gasteiger partial charge in [0, 0.05) is 13.1 Å². The van der Waals surface area contributed by atoms with Gasteiger partial charge in [0.2, 0.25) is 0 Å². The molecule has 1 aliphatic rings. The lowest BCUT2D eigenvalue weighted by molar-refractivity contribution is 0.0754. The summed E-state index contributed by atoms with van der Waals surface area (Å²) in [6.45, 7) is 2.31. The normalized spacial score (nSPS) is 16.5. The van der Waals surface area contributed by atoms with E-state index in [-0.39, 0.29) is 24.7 Å². The molecule has 0 saturated carbocycles. The molecular formula is C17H16ClNO3S. The summed E-state index contributed by atoms with van der Waals surface area (Å²) in [5, 5.41) is 0.385. The summed E-state index contributed by atoms with van der Waals surface area (Å²) in [6, 6.07) is 12.1. The van der Waals surface area contributed by atoms with Crippen LogP contribution in [-0.4, -0.2) is 31.5 Å². The Morgan fingerprint density at radius 3 is 2.65 bits per heavy atom. The van der Waals surface area contributed by atoms with Crippen LogP contribution in [0.5, 0.6) is 0 Å². The maximum absolute atomic E-state index is 12.8. The van der Waals surface area contributed by atoms with Gasteiger partial charge in [0.15, 0.2) is 9.84 Å². The first-order valence-corrected chi connectivity index (χ1v) is 9.27. The van der Waals surface area contributed by atoms with Gasteiger partial charge in [-0.3, -0.25) is 4.79 Å². The van der Waals surface area contributed by atoms with Crippen molar-refractivity contribution in [2.45, 2.75) is 18.4 Å². The van der Waals surface area contributed by atoms with Gasteiger partial charge in [-0.25, -0.2) is 8.42 Å². The van der Waals surface area contributed by atoms with E-state index in [4.69, 9.17) is 11.6 Å². The van der Waals surface area contributed by atoms with Gasteiger partial charge in [0.1, 0.15) is 0 Å². The van der Waals surface area contributed by atoms with Crippen LogP contribution in [0.15, 0.2) is 47.4 Å². The van der Waals surface area contributed by atoms with E-state index >= 15 is 0 Å². The summed E-state index contributed by atoms with van der Waals surface area (Å²) in [4.78, 5) is 14.6. The van der Waals surface area contributed by atoms with Gasteiger partial charge in [-0.05, 0) is 36.2 Å². The Morgan fingerprint density at radius 2 is 1.91 bits per heavy atom. The fraction of sp³-hybridized carbons (Fsp3) is 0.235. The molecule has 0 saturated heterocycles. The lowest BCUT2D eigenvalue weighted by atomic mass is 10.1. The van der Waals surface area contributed by atoms with Crippen molar-refractivity contribution in [3.63, 3.8) is 0 Å². The number of aryl methyl sites for hydroxylation is 1. The second-order valence-electron chi connectivity index (χ2n) is 5.64. The number of carbonyl (C=O) groups excluding carboxylic acids is 1. The Balaban J connectivity index is 1.98. The standard InChI is InChI=1S/C17H16ClNO3S/c1-12-6-7-14(15(18)10-12)17(20)19-8-9-23(21,22)16-5-3-2-4-13(16)11-19/h2-7,10H,8-9,11H2,1H3. The highest BCUT2D eigenvalue weighted by Gasteiger charge is 2.28. The van der Waals surface area contributed by atoms with E-state index < -0.39 is 9.84 Å². The van der Waals surface area contributed by atoms with E-state index in [1.807, 2.05) is 13.0 Å². The number of hydrogen-bond acceptors (Lipinski definition) is 3. The van der Waals surface area contributed by atoms with Crippen LogP contribution in [0.3, 0.4) is 0 Å². The van der Waals surface area contributed by atoms with Gasteiger partial charge in [0.25, 0.3) is 5.91 Å². The first kappa shape index (κ1) is 16.0. The third-order valence-electron chi connectivity index (χ3n) is 3.94. The number of carbonyl (C=O) groups is 1. The molecule has 0 atom stereocenters. The molecule has 120 valence electrons. The Morgan fingerprint density at radius 1 is 1.17 bits per heavy atom. The Hall–Kier alpha value is -1.85. The fourth-order valence-electron chi connectivity index (χ4n) is 2.70. The maximum atomic E-state index is 12.8. The van der Waals surface area contributed by atoms with Crippen LogP contribution in [0.2, 0.25) is 5.02 Å². The number of nitrogens with zero attached hydrogens (tertiary/aromatic N) is 1. The molecule has 0 fully saturated rings. The van der Waals surface area contributed by atoms with Crippen molar-refractivity contribution in [2.24, 2.45) is 0 Å². The molecule has 1 aliphatic heterocycles. The molecule has 0 aromatic heterocycles. The smallest absolute Gasteiger partial charge is 0.255 e. The summed E-state index contributed by atoms with van der Waals surface area (Å²) in [5.41, 5.74) is 2.01. The van der Waals surface area contributed by atoms with Crippen molar-refractivity contribution >= 4 is 27.3 Å². The molecule has 3 rings (SSSR count). The van der Waals surface area contributed by atoms with Crippen molar-refractivity contribution < 1.29 is 13.2 Å². The maximum Gasteiger partial charge on any atom is 0.255 e. The SMILES string of the molecule is Cc1ccc(C(=O)N2CCS(=O)(=O)c3ccccc3C2)c(Cl)c1. The predicted molar refractivity (Wildman–Crippen MR) is 89.4 cm³/mol. The van der Waals surface area contributed by atoms with Crippen molar-refractivity contribution in [3.8, 4) is 0 Å². The molecule has 1 heterocycles. The van der Waals surface area contributed by atoms with Crippen molar-refractivity contribution in [3.05, 3.63) is 64.2 Å². The van der Waals surface area contributed by atoms with Crippen LogP contribution in [0.4, 0.5) is 0 Å². The van der Waals surface area contributed by atoms with Crippen LogP contribution in [0, 0.1) is 6.92 Å². The molecule has 0 radical (unpaired) electrons. The average molecular weight is 350 g/mol. The monoisotopic (exact) mass is 349 g/mol. The summed E-state index contributed by atoms with van der Waals surface area (Å²) in [5.74, 6) is -0.332. The van der Waals surface area contributed by atoms with Gasteiger partial charge in [-0.2, -0.15) is 0 Å². The number of amides is 1. The topological polar surface area (TPSA) is 54.5 Å². The quantitative estimate of drug-likeness (QED) is 0.795. The molecule has 23 heavy (non-hydrogen) atoms. The molecule has 1 amide bonds. The zero-order valence-corrected chi connectivity index (χ0v) is 14.2. The van der Waals surface area contributed by atoms with Gasteiger partial charge >= 0.3 is 0 Å². The molecule has 0 N–H and O–H groups in total. The minimum atomic E-state index is -3.37. The van der Waals surface area contributed by atoms with Crippen LogP contribution in [0.1, 0.15) is 21.5 Å². The number of fused-ring (bicyclic) bond motifs is 1. The fourth-order valence-corrected chi connectivity index (χ4v) is 4.51. The van der Waals surface area contributed by atoms with Gasteiger partial charge in [-0.15, -0.1) is 0 Å². The Labute approximate surface area is 140 Å². The highest BCUT2D eigenvalue weighted by molar-refractivity contribution is 7.91. The molecule has 0 bridgehead atoms. The summed E-state index contributed by atoms with van der Waals surface area (Å²) in [6.07, 6.45) is 0. The predicted octanol–water partition coefficient (Wildman–Crippen LogP) is 3.08. The first-order chi connectivity index (χ1) is 10.9. The second-order valence-corrected chi connectivity index (χ2v) is 8.12. The minimum Gasteiger partial charge on any atom is -0.333 e. The Kier molecular flexibility index (Phi) is 4.17. The van der Waals surface area contributed by atoms with Crippen LogP contribution in [0.25, 0.3) is 0 Å². The van der Waals surface area contributed by atoms with E-state index in [1.54, 1.807) is 41.3 Å². The first-order valence-electron chi connectivity index (χ1n) is 7.24. The minimum absolute atomic E-state index is 0.0841. The average Bonchev–Trinajstić information content (AvgIpc) is 2.64. The number of halogens is 1. The van der Waals surface area contributed by atoms with Gasteiger partial charge in [-0.1, -0.05) is 35.9 Å². The molecule has 4 nitrogen and oxygen atoms in total. The molecule has 2 aromatic carbocycles. The molecule has 0 unspecified atom stereocenters. The van der Waals surface area contributed by atoms with E-state index in [0.717, 1.165) is 5.56 Å². The zero-order valence-electron chi connectivity index (χ0n) is 12.6. The molecule has 0 aliphatic carbocycles. The van der Waals surface area contributed by atoms with Crippen LogP contribution < -0.4 is 0 Å². The lowest BCUT2D eigenvalue weighted by Gasteiger charge is -2.21. The van der Waals surface area contributed by atoms with Gasteiger partial charge in [0.05, 0.1) is 21.2 Å². The largest absolute Gasteiger partial charge is 0.333 e.